The van der Waals surface area contributed by atoms with Crippen LogP contribution >= 0.6 is 15.9 Å². The fourth-order valence-corrected chi connectivity index (χ4v) is 4.15. The van der Waals surface area contributed by atoms with Crippen molar-refractivity contribution in [1.82, 2.24) is 5.32 Å². The van der Waals surface area contributed by atoms with Crippen LogP contribution in [0.25, 0.3) is 0 Å². The molecule has 1 saturated heterocycles. The average molecular weight is 374 g/mol. The van der Waals surface area contributed by atoms with Crippen molar-refractivity contribution in [2.45, 2.75) is 25.3 Å². The molecule has 0 bridgehead atoms. The molecule has 2 rings (SSSR count). The van der Waals surface area contributed by atoms with Crippen LogP contribution in [-0.2, 0) is 14.6 Å². The fourth-order valence-electron chi connectivity index (χ4n) is 2.22. The Labute approximate surface area is 132 Å². The molecule has 1 aliphatic heterocycles. The van der Waals surface area contributed by atoms with Crippen LogP contribution in [0.4, 0.5) is 0 Å². The molecule has 1 fully saturated rings. The van der Waals surface area contributed by atoms with Crippen molar-refractivity contribution in [3.63, 3.8) is 0 Å². The Morgan fingerprint density at radius 1 is 1.19 bits per heavy atom. The fraction of sp³-hybridized carbons (Fsp3) is 0.429. The standard InChI is InChI=1S/C14H16BrNO4S/c15-11-3-1-10(2-4-11)13(17)5-6-14(18)16-12-7-8-21(19,20)9-12/h1-4,12H,5-9H2,(H,16,18)/t12-/m1/s1. The number of hydrogen-bond acceptors (Lipinski definition) is 4. The van der Waals surface area contributed by atoms with Crippen molar-refractivity contribution < 1.29 is 18.0 Å². The van der Waals surface area contributed by atoms with Crippen LogP contribution in [0.1, 0.15) is 29.6 Å². The Hall–Kier alpha value is -1.21. The molecule has 1 N–H and O–H groups in total. The molecule has 1 aromatic rings. The molecule has 5 nitrogen and oxygen atoms in total. The molecule has 0 aromatic heterocycles. The second-order valence-electron chi connectivity index (χ2n) is 5.10. The van der Waals surface area contributed by atoms with Gasteiger partial charge in [0.15, 0.2) is 15.6 Å². The van der Waals surface area contributed by atoms with Gasteiger partial charge in [0.05, 0.1) is 11.5 Å². The zero-order valence-corrected chi connectivity index (χ0v) is 13.7. The van der Waals surface area contributed by atoms with Crippen LogP contribution in [0, 0.1) is 0 Å². The summed E-state index contributed by atoms with van der Waals surface area (Å²) >= 11 is 3.29. The number of rotatable bonds is 5. The van der Waals surface area contributed by atoms with Crippen molar-refractivity contribution in [3.05, 3.63) is 34.3 Å². The van der Waals surface area contributed by atoms with E-state index in [1.54, 1.807) is 24.3 Å². The van der Waals surface area contributed by atoms with E-state index in [0.29, 0.717) is 12.0 Å². The first-order valence-electron chi connectivity index (χ1n) is 6.64. The van der Waals surface area contributed by atoms with E-state index in [9.17, 15) is 18.0 Å². The first-order chi connectivity index (χ1) is 9.85. The van der Waals surface area contributed by atoms with Gasteiger partial charge in [-0.25, -0.2) is 8.42 Å². The van der Waals surface area contributed by atoms with Crippen LogP contribution < -0.4 is 5.32 Å². The first-order valence-corrected chi connectivity index (χ1v) is 9.26. The van der Waals surface area contributed by atoms with E-state index < -0.39 is 9.84 Å². The Bertz CT molecular complexity index is 639. The van der Waals surface area contributed by atoms with E-state index in [1.807, 2.05) is 0 Å². The molecule has 1 aromatic carbocycles. The van der Waals surface area contributed by atoms with E-state index in [1.165, 1.54) is 0 Å². The summed E-state index contributed by atoms with van der Waals surface area (Å²) in [5, 5.41) is 2.67. The zero-order valence-electron chi connectivity index (χ0n) is 11.3. The van der Waals surface area contributed by atoms with Crippen LogP contribution in [0.3, 0.4) is 0 Å². The molecule has 114 valence electrons. The number of hydrogen-bond donors (Lipinski definition) is 1. The SMILES string of the molecule is O=C(CCC(=O)c1ccc(Br)cc1)N[C@@H]1CCS(=O)(=O)C1. The van der Waals surface area contributed by atoms with E-state index in [4.69, 9.17) is 0 Å². The third kappa shape index (κ3) is 4.93. The summed E-state index contributed by atoms with van der Waals surface area (Å²) in [6.07, 6.45) is 0.646. The maximum Gasteiger partial charge on any atom is 0.220 e. The van der Waals surface area contributed by atoms with E-state index in [0.717, 1.165) is 4.47 Å². The highest BCUT2D eigenvalue weighted by molar-refractivity contribution is 9.10. The lowest BCUT2D eigenvalue weighted by molar-refractivity contribution is -0.121. The number of ketones is 1. The number of nitrogens with one attached hydrogen (secondary N) is 1. The summed E-state index contributed by atoms with van der Waals surface area (Å²) in [7, 11) is -3.01. The number of carbonyl (C=O) groups is 2. The largest absolute Gasteiger partial charge is 0.352 e. The summed E-state index contributed by atoms with van der Waals surface area (Å²) in [6, 6.07) is 6.64. The van der Waals surface area contributed by atoms with Gasteiger partial charge in [0, 0.05) is 28.9 Å². The highest BCUT2D eigenvalue weighted by Gasteiger charge is 2.28. The predicted octanol–water partition coefficient (Wildman–Crippen LogP) is 1.72. The van der Waals surface area contributed by atoms with Crippen molar-refractivity contribution >= 4 is 37.5 Å². The van der Waals surface area contributed by atoms with Gasteiger partial charge in [-0.1, -0.05) is 28.1 Å². The van der Waals surface area contributed by atoms with Gasteiger partial charge in [-0.2, -0.15) is 0 Å². The van der Waals surface area contributed by atoms with Crippen LogP contribution in [0.2, 0.25) is 0 Å². The first kappa shape index (κ1) is 16.2. The zero-order chi connectivity index (χ0) is 15.5. The monoisotopic (exact) mass is 373 g/mol. The molecule has 0 radical (unpaired) electrons. The van der Waals surface area contributed by atoms with Gasteiger partial charge in [-0.3, -0.25) is 9.59 Å². The quantitative estimate of drug-likeness (QED) is 0.796. The van der Waals surface area contributed by atoms with Crippen molar-refractivity contribution in [3.8, 4) is 0 Å². The molecule has 1 amide bonds. The number of amides is 1. The summed E-state index contributed by atoms with van der Waals surface area (Å²) < 4.78 is 23.5. The minimum Gasteiger partial charge on any atom is -0.352 e. The molecule has 0 aliphatic carbocycles. The van der Waals surface area contributed by atoms with E-state index in [2.05, 4.69) is 21.2 Å². The average Bonchev–Trinajstić information content (AvgIpc) is 2.76. The second kappa shape index (κ2) is 6.70. The van der Waals surface area contributed by atoms with Gasteiger partial charge >= 0.3 is 0 Å². The lowest BCUT2D eigenvalue weighted by atomic mass is 10.1. The molecular formula is C14H16BrNO4S. The van der Waals surface area contributed by atoms with Gasteiger partial charge in [0.2, 0.25) is 5.91 Å². The Morgan fingerprint density at radius 3 is 2.43 bits per heavy atom. The van der Waals surface area contributed by atoms with Crippen LogP contribution in [-0.4, -0.2) is 37.7 Å². The summed E-state index contributed by atoms with van der Waals surface area (Å²) in [5.41, 5.74) is 0.564. The number of Topliss-reactive ketones (excluding diaryl/α,β-unsaturated/α-hetero) is 1. The van der Waals surface area contributed by atoms with Crippen LogP contribution in [0.5, 0.6) is 0 Å². The number of benzene rings is 1. The van der Waals surface area contributed by atoms with Crippen molar-refractivity contribution in [1.29, 1.82) is 0 Å². The van der Waals surface area contributed by atoms with Gasteiger partial charge in [0.25, 0.3) is 0 Å². The smallest absolute Gasteiger partial charge is 0.220 e. The van der Waals surface area contributed by atoms with Gasteiger partial charge in [-0.15, -0.1) is 0 Å². The lowest BCUT2D eigenvalue weighted by Gasteiger charge is -2.10. The molecule has 0 saturated carbocycles. The second-order valence-corrected chi connectivity index (χ2v) is 8.24. The Kier molecular flexibility index (Phi) is 5.16. The summed E-state index contributed by atoms with van der Waals surface area (Å²) in [5.74, 6) is -0.255. The van der Waals surface area contributed by atoms with Gasteiger partial charge < -0.3 is 5.32 Å². The maximum atomic E-state index is 11.9. The number of sulfone groups is 1. The third-order valence-electron chi connectivity index (χ3n) is 3.34. The molecule has 1 aliphatic rings. The molecule has 21 heavy (non-hydrogen) atoms. The molecule has 0 unspecified atom stereocenters. The Morgan fingerprint density at radius 2 is 1.86 bits per heavy atom. The lowest BCUT2D eigenvalue weighted by Crippen LogP contribution is -2.35. The number of carbonyl (C=O) groups excluding carboxylic acids is 2. The van der Waals surface area contributed by atoms with Crippen LogP contribution in [0.15, 0.2) is 28.7 Å². The highest BCUT2D eigenvalue weighted by atomic mass is 79.9. The maximum absolute atomic E-state index is 11.9. The van der Waals surface area contributed by atoms with Crippen molar-refractivity contribution in [2.24, 2.45) is 0 Å². The molecule has 1 atom stereocenters. The van der Waals surface area contributed by atoms with E-state index >= 15 is 0 Å². The Balaban J connectivity index is 1.79. The van der Waals surface area contributed by atoms with E-state index in [-0.39, 0.29) is 42.1 Å². The van der Waals surface area contributed by atoms with Gasteiger partial charge in [-0.05, 0) is 18.6 Å². The highest BCUT2D eigenvalue weighted by Crippen LogP contribution is 2.14. The predicted molar refractivity (Wildman–Crippen MR) is 82.9 cm³/mol. The summed E-state index contributed by atoms with van der Waals surface area (Å²) in [4.78, 5) is 23.6. The normalized spacial score (nSPS) is 20.1. The topological polar surface area (TPSA) is 80.3 Å². The minimum absolute atomic E-state index is 0.000597. The minimum atomic E-state index is -3.01. The molecule has 0 spiro atoms. The molecular weight excluding hydrogens is 358 g/mol. The third-order valence-corrected chi connectivity index (χ3v) is 5.64. The number of halogens is 1. The molecule has 1 heterocycles. The van der Waals surface area contributed by atoms with Crippen molar-refractivity contribution in [2.75, 3.05) is 11.5 Å². The van der Waals surface area contributed by atoms with Gasteiger partial charge in [0.1, 0.15) is 0 Å². The molecule has 7 heteroatoms. The summed E-state index contributed by atoms with van der Waals surface area (Å²) in [6.45, 7) is 0.